The highest BCUT2D eigenvalue weighted by atomic mass is 19.4. The van der Waals surface area contributed by atoms with E-state index in [0.717, 1.165) is 70.9 Å². The van der Waals surface area contributed by atoms with Crippen molar-refractivity contribution in [2.45, 2.75) is 57.2 Å². The van der Waals surface area contributed by atoms with Crippen LogP contribution in [0.25, 0.3) is 0 Å². The zero-order valence-corrected chi connectivity index (χ0v) is 18.4. The van der Waals surface area contributed by atoms with Crippen molar-refractivity contribution in [1.82, 2.24) is 10.2 Å². The summed E-state index contributed by atoms with van der Waals surface area (Å²) in [5.74, 6) is 0.0701. The average Bonchev–Trinajstić information content (AvgIpc) is 2.77. The van der Waals surface area contributed by atoms with Crippen LogP contribution in [0.15, 0.2) is 24.3 Å². The van der Waals surface area contributed by atoms with E-state index in [0.29, 0.717) is 11.6 Å². The van der Waals surface area contributed by atoms with Crippen LogP contribution < -0.4 is 16.0 Å². The molecular formula is C23H33F3N4O2. The predicted octanol–water partition coefficient (Wildman–Crippen LogP) is 3.16. The van der Waals surface area contributed by atoms with Crippen LogP contribution >= 0.6 is 0 Å². The van der Waals surface area contributed by atoms with Gasteiger partial charge in [0.15, 0.2) is 0 Å². The monoisotopic (exact) mass is 454 g/mol. The Kier molecular flexibility index (Phi) is 8.39. The molecule has 0 radical (unpaired) electrons. The molecule has 1 aliphatic heterocycles. The molecule has 32 heavy (non-hydrogen) atoms. The smallest absolute Gasteiger partial charge is 0.370 e. The summed E-state index contributed by atoms with van der Waals surface area (Å²) in [7, 11) is 0. The Labute approximate surface area is 187 Å². The Balaban J connectivity index is 1.34. The molecule has 0 aromatic heterocycles. The summed E-state index contributed by atoms with van der Waals surface area (Å²) in [5.41, 5.74) is 5.11. The van der Waals surface area contributed by atoms with E-state index < -0.39 is 17.6 Å². The van der Waals surface area contributed by atoms with Crippen LogP contribution in [0.4, 0.5) is 18.9 Å². The maximum Gasteiger partial charge on any atom is 0.416 e. The number of hydrogen-bond donors (Lipinski definition) is 2. The molecule has 3 rings (SSSR count). The number of halogens is 3. The molecular weight excluding hydrogens is 421 g/mol. The van der Waals surface area contributed by atoms with Gasteiger partial charge in [-0.3, -0.25) is 14.5 Å². The van der Waals surface area contributed by atoms with Gasteiger partial charge in [-0.25, -0.2) is 0 Å². The van der Waals surface area contributed by atoms with Crippen LogP contribution in [-0.2, 0) is 15.8 Å². The quantitative estimate of drug-likeness (QED) is 0.633. The standard InChI is InChI=1S/C23H33F3N4O2/c24-23(25,26)18-2-1-3-20(16-18)30-14-12-29(13-15-30)11-10-17-4-6-19(7-5-17)28-22(32)9-8-21(27)31/h1-3,16-17,19H,4-15H2,(H2,27,31)(H,28,32). The molecule has 9 heteroatoms. The highest BCUT2D eigenvalue weighted by Crippen LogP contribution is 2.32. The lowest BCUT2D eigenvalue weighted by Crippen LogP contribution is -2.47. The lowest BCUT2D eigenvalue weighted by atomic mass is 9.84. The van der Waals surface area contributed by atoms with Gasteiger partial charge in [-0.15, -0.1) is 0 Å². The lowest BCUT2D eigenvalue weighted by Gasteiger charge is -2.37. The molecule has 0 unspecified atom stereocenters. The zero-order chi connectivity index (χ0) is 23.1. The summed E-state index contributed by atoms with van der Waals surface area (Å²) in [6.07, 6.45) is 1.08. The molecule has 1 aromatic carbocycles. The number of hydrogen-bond acceptors (Lipinski definition) is 4. The molecule has 3 N–H and O–H groups in total. The molecule has 1 aromatic rings. The largest absolute Gasteiger partial charge is 0.416 e. The van der Waals surface area contributed by atoms with Gasteiger partial charge in [0, 0.05) is 50.7 Å². The fourth-order valence-corrected chi connectivity index (χ4v) is 4.61. The highest BCUT2D eigenvalue weighted by Gasteiger charge is 2.31. The fourth-order valence-electron chi connectivity index (χ4n) is 4.61. The van der Waals surface area contributed by atoms with E-state index in [1.807, 2.05) is 4.90 Å². The van der Waals surface area contributed by atoms with Gasteiger partial charge in [0.05, 0.1) is 5.56 Å². The van der Waals surface area contributed by atoms with Crippen LogP contribution in [-0.4, -0.2) is 55.5 Å². The third-order valence-electron chi connectivity index (χ3n) is 6.57. The van der Waals surface area contributed by atoms with Crippen molar-refractivity contribution in [3.05, 3.63) is 29.8 Å². The second-order valence-electron chi connectivity index (χ2n) is 8.92. The summed E-state index contributed by atoms with van der Waals surface area (Å²) in [6, 6.07) is 5.75. The van der Waals surface area contributed by atoms with Gasteiger partial charge in [-0.2, -0.15) is 13.2 Å². The Morgan fingerprint density at radius 3 is 2.34 bits per heavy atom. The van der Waals surface area contributed by atoms with Gasteiger partial charge >= 0.3 is 6.18 Å². The van der Waals surface area contributed by atoms with Crippen molar-refractivity contribution in [2.75, 3.05) is 37.6 Å². The van der Waals surface area contributed by atoms with E-state index >= 15 is 0 Å². The predicted molar refractivity (Wildman–Crippen MR) is 117 cm³/mol. The van der Waals surface area contributed by atoms with Crippen LogP contribution in [0.1, 0.15) is 50.5 Å². The number of rotatable bonds is 8. The number of alkyl halides is 3. The number of piperazine rings is 1. The van der Waals surface area contributed by atoms with E-state index in [-0.39, 0.29) is 24.8 Å². The van der Waals surface area contributed by atoms with Gasteiger partial charge in [0.2, 0.25) is 11.8 Å². The number of carbonyl (C=O) groups excluding carboxylic acids is 2. The topological polar surface area (TPSA) is 78.7 Å². The van der Waals surface area contributed by atoms with E-state index in [9.17, 15) is 22.8 Å². The van der Waals surface area contributed by atoms with Crippen LogP contribution in [0.5, 0.6) is 0 Å². The molecule has 1 saturated carbocycles. The first-order valence-corrected chi connectivity index (χ1v) is 11.4. The third kappa shape index (κ3) is 7.39. The number of benzene rings is 1. The van der Waals surface area contributed by atoms with Gasteiger partial charge in [0.25, 0.3) is 0 Å². The van der Waals surface area contributed by atoms with E-state index in [1.165, 1.54) is 12.1 Å². The highest BCUT2D eigenvalue weighted by molar-refractivity contribution is 5.82. The van der Waals surface area contributed by atoms with Crippen molar-refractivity contribution >= 4 is 17.5 Å². The maximum atomic E-state index is 13.0. The molecule has 1 saturated heterocycles. The molecule has 0 spiro atoms. The Morgan fingerprint density at radius 2 is 1.72 bits per heavy atom. The Morgan fingerprint density at radius 1 is 1.03 bits per heavy atom. The van der Waals surface area contributed by atoms with E-state index in [1.54, 1.807) is 6.07 Å². The summed E-state index contributed by atoms with van der Waals surface area (Å²) in [4.78, 5) is 27.0. The summed E-state index contributed by atoms with van der Waals surface area (Å²) in [5, 5.41) is 3.00. The minimum absolute atomic E-state index is 0.0855. The van der Waals surface area contributed by atoms with Gasteiger partial charge in [-0.05, 0) is 62.8 Å². The molecule has 6 nitrogen and oxygen atoms in total. The second-order valence-corrected chi connectivity index (χ2v) is 8.92. The second kappa shape index (κ2) is 11.0. The SMILES string of the molecule is NC(=O)CCC(=O)NC1CCC(CCN2CCN(c3cccc(C(F)(F)F)c3)CC2)CC1. The third-order valence-corrected chi connectivity index (χ3v) is 6.57. The average molecular weight is 455 g/mol. The summed E-state index contributed by atoms with van der Waals surface area (Å²) >= 11 is 0. The van der Waals surface area contributed by atoms with E-state index in [2.05, 4.69) is 10.2 Å². The zero-order valence-electron chi connectivity index (χ0n) is 18.4. The molecule has 0 bridgehead atoms. The number of amides is 2. The van der Waals surface area contributed by atoms with Gasteiger partial charge < -0.3 is 16.0 Å². The van der Waals surface area contributed by atoms with Crippen LogP contribution in [0.3, 0.4) is 0 Å². The van der Waals surface area contributed by atoms with Crippen molar-refractivity contribution in [3.8, 4) is 0 Å². The number of nitrogens with zero attached hydrogens (tertiary/aromatic N) is 2. The lowest BCUT2D eigenvalue weighted by molar-refractivity contribution is -0.137. The van der Waals surface area contributed by atoms with E-state index in [4.69, 9.17) is 5.73 Å². The number of carbonyl (C=O) groups is 2. The Bertz CT molecular complexity index is 771. The van der Waals surface area contributed by atoms with Crippen molar-refractivity contribution in [1.29, 1.82) is 0 Å². The molecule has 2 amide bonds. The minimum atomic E-state index is -4.32. The van der Waals surface area contributed by atoms with Crippen molar-refractivity contribution in [2.24, 2.45) is 11.7 Å². The molecule has 178 valence electrons. The fraction of sp³-hybridized carbons (Fsp3) is 0.652. The van der Waals surface area contributed by atoms with Gasteiger partial charge in [-0.1, -0.05) is 6.07 Å². The number of anilines is 1. The van der Waals surface area contributed by atoms with Gasteiger partial charge in [0.1, 0.15) is 0 Å². The van der Waals surface area contributed by atoms with Crippen LogP contribution in [0.2, 0.25) is 0 Å². The maximum absolute atomic E-state index is 13.0. The minimum Gasteiger partial charge on any atom is -0.370 e. The van der Waals surface area contributed by atoms with Crippen molar-refractivity contribution < 1.29 is 22.8 Å². The summed E-state index contributed by atoms with van der Waals surface area (Å²) < 4.78 is 38.9. The molecule has 1 aliphatic carbocycles. The first-order valence-electron chi connectivity index (χ1n) is 11.4. The van der Waals surface area contributed by atoms with Crippen molar-refractivity contribution in [3.63, 3.8) is 0 Å². The molecule has 1 heterocycles. The number of primary amides is 1. The molecule has 2 aliphatic rings. The number of nitrogens with one attached hydrogen (secondary N) is 1. The number of nitrogens with two attached hydrogens (primary N) is 1. The summed E-state index contributed by atoms with van der Waals surface area (Å²) in [6.45, 7) is 4.15. The van der Waals surface area contributed by atoms with Crippen LogP contribution in [0, 0.1) is 5.92 Å². The first kappa shape index (κ1) is 24.4. The Hall–Kier alpha value is -2.29. The molecule has 2 fully saturated rings. The normalized spacial score (nSPS) is 22.5. The first-order chi connectivity index (χ1) is 15.2. The molecule has 0 atom stereocenters.